The first-order valence-electron chi connectivity index (χ1n) is 23.2. The number of cyclic esters (lactones) is 2. The maximum Gasteiger partial charge on any atom is 0.416 e. The van der Waals surface area contributed by atoms with Crippen molar-refractivity contribution in [3.05, 3.63) is 162 Å². The van der Waals surface area contributed by atoms with Crippen molar-refractivity contribution < 1.29 is 46.6 Å². The summed E-state index contributed by atoms with van der Waals surface area (Å²) in [5.74, 6) is 0.296. The van der Waals surface area contributed by atoms with Gasteiger partial charge in [-0.3, -0.25) is 29.8 Å². The van der Waals surface area contributed by atoms with Gasteiger partial charge in [0.05, 0.1) is 63.8 Å². The number of hydrogen-bond donors (Lipinski definition) is 4. The van der Waals surface area contributed by atoms with Crippen LogP contribution in [0.1, 0.15) is 54.9 Å². The van der Waals surface area contributed by atoms with Gasteiger partial charge in [-0.05, 0) is 110 Å². The Morgan fingerprint density at radius 3 is 1.66 bits per heavy atom. The van der Waals surface area contributed by atoms with Crippen LogP contribution in [0.5, 0.6) is 0 Å². The van der Waals surface area contributed by atoms with E-state index in [4.69, 9.17) is 42.8 Å². The third-order valence-corrected chi connectivity index (χ3v) is 13.8. The summed E-state index contributed by atoms with van der Waals surface area (Å²) in [5.41, 5.74) is 5.10. The van der Waals surface area contributed by atoms with E-state index < -0.39 is 30.0 Å². The fourth-order valence-corrected chi connectivity index (χ4v) is 9.47. The molecule has 6 aromatic rings. The summed E-state index contributed by atoms with van der Waals surface area (Å²) in [5, 5.41) is 16.1. The fraction of sp³-hybridized carbons (Fsp3) is 0.269. The lowest BCUT2D eigenvalue weighted by Crippen LogP contribution is -2.34. The van der Waals surface area contributed by atoms with Crippen molar-refractivity contribution in [1.29, 1.82) is 5.41 Å². The number of carbonyl (C=O) groups excluding carboxylic acids is 4. The molecule has 9 rings (SSSR count). The molecule has 3 aliphatic rings. The van der Waals surface area contributed by atoms with E-state index >= 15 is 0 Å². The standard InChI is InChI=1S/C25H20ClF3N4O3S.C18H20ClN3O3S.C9H11NO/c26-21-10-9-20(37-21)23(34)31-13-19-14-33(24(35)36-19)18-7-5-17(6-8-18)32-12-11-30-22(32)15-1-3-16(4-2-15)25(27,28)29;1-2-9-20-12-3-5-13(6-4-12)22-11-14(25-18(22)24)10-21-17(23)15-7-8-16(19)26-15;1-7-3-5-8(6-4-7)9(10)11-2/h1-10,19H,11-14H2,(H,31,34);3-8,14,20H,2,9-11H2,1H3,(H,21,23);3-6,10H,1-2H3/t19-;14-;/m00./s1. The van der Waals surface area contributed by atoms with Gasteiger partial charge in [-0.1, -0.05) is 60.0 Å². The number of amides is 4. The van der Waals surface area contributed by atoms with Crippen molar-refractivity contribution in [2.24, 2.45) is 4.99 Å². The number of nitrogens with zero attached hydrogens (tertiary/aromatic N) is 4. The van der Waals surface area contributed by atoms with Crippen LogP contribution in [0.3, 0.4) is 0 Å². The molecule has 74 heavy (non-hydrogen) atoms. The average Bonchev–Trinajstić information content (AvgIpc) is 4.27. The van der Waals surface area contributed by atoms with Crippen molar-refractivity contribution >= 4 is 104 Å². The monoisotopic (exact) mass is 1090 g/mol. The summed E-state index contributed by atoms with van der Waals surface area (Å²) >= 11 is 14.1. The first-order chi connectivity index (χ1) is 35.5. The largest absolute Gasteiger partial charge is 0.481 e. The zero-order valence-electron chi connectivity index (χ0n) is 40.2. The molecule has 4 N–H and O–H groups in total. The number of carbonyl (C=O) groups is 4. The molecular formula is C52H51Cl2F3N8O7S2. The van der Waals surface area contributed by atoms with Crippen molar-refractivity contribution in [3.63, 3.8) is 0 Å². The van der Waals surface area contributed by atoms with Gasteiger partial charge in [0.1, 0.15) is 18.0 Å². The Morgan fingerprint density at radius 1 is 0.730 bits per heavy atom. The number of anilines is 4. The number of hydrogen-bond acceptors (Lipinski definition) is 13. The molecule has 388 valence electrons. The molecule has 0 bridgehead atoms. The molecule has 0 unspecified atom stereocenters. The van der Waals surface area contributed by atoms with E-state index in [1.807, 2.05) is 72.5 Å². The lowest BCUT2D eigenvalue weighted by Gasteiger charge is -2.22. The quantitative estimate of drug-likeness (QED) is 0.0610. The second-order valence-electron chi connectivity index (χ2n) is 16.7. The summed E-state index contributed by atoms with van der Waals surface area (Å²) in [6.45, 7) is 7.20. The molecule has 2 fully saturated rings. The van der Waals surface area contributed by atoms with Crippen molar-refractivity contribution in [2.45, 2.75) is 38.7 Å². The molecule has 0 saturated carbocycles. The smallest absolute Gasteiger partial charge is 0.416 e. The Hall–Kier alpha value is -7.13. The average molecular weight is 1090 g/mol. The van der Waals surface area contributed by atoms with E-state index in [2.05, 4.69) is 27.9 Å². The number of rotatable bonds is 14. The molecule has 2 atom stereocenters. The molecule has 0 aliphatic carbocycles. The van der Waals surface area contributed by atoms with E-state index in [1.165, 1.54) is 52.4 Å². The number of methoxy groups -OCH3 is 1. The first kappa shape index (κ1) is 54.6. The lowest BCUT2D eigenvalue weighted by molar-refractivity contribution is -0.137. The summed E-state index contributed by atoms with van der Waals surface area (Å²) in [7, 11) is 1.50. The zero-order chi connectivity index (χ0) is 52.9. The number of ether oxygens (including phenoxy) is 3. The van der Waals surface area contributed by atoms with Gasteiger partial charge in [-0.25, -0.2) is 9.59 Å². The van der Waals surface area contributed by atoms with E-state index in [1.54, 1.807) is 41.3 Å². The Bertz CT molecular complexity index is 2940. The Kier molecular flexibility index (Phi) is 18.6. The van der Waals surface area contributed by atoms with Crippen molar-refractivity contribution in [1.82, 2.24) is 10.6 Å². The van der Waals surface area contributed by atoms with Gasteiger partial charge in [0.25, 0.3) is 11.8 Å². The fourth-order valence-electron chi connectivity index (χ4n) is 7.56. The highest BCUT2D eigenvalue weighted by Gasteiger charge is 2.35. The second kappa shape index (κ2) is 25.2. The van der Waals surface area contributed by atoms with Gasteiger partial charge in [0.15, 0.2) is 0 Å². The summed E-state index contributed by atoms with van der Waals surface area (Å²) in [6.07, 6.45) is -5.17. The zero-order valence-corrected chi connectivity index (χ0v) is 43.4. The third-order valence-electron chi connectivity index (χ3n) is 11.4. The molecule has 0 spiro atoms. The van der Waals surface area contributed by atoms with Gasteiger partial charge >= 0.3 is 18.4 Å². The van der Waals surface area contributed by atoms with Crippen LogP contribution in [0.4, 0.5) is 45.5 Å². The van der Waals surface area contributed by atoms with Crippen LogP contribution >= 0.6 is 45.9 Å². The Labute approximate surface area is 443 Å². The topological polar surface area (TPSA) is 178 Å². The minimum absolute atomic E-state index is 0.162. The molecule has 4 aromatic carbocycles. The Balaban J connectivity index is 0.000000187. The molecule has 2 aromatic heterocycles. The van der Waals surface area contributed by atoms with Crippen LogP contribution in [-0.2, 0) is 20.4 Å². The predicted molar refractivity (Wildman–Crippen MR) is 285 cm³/mol. The molecule has 22 heteroatoms. The molecule has 5 heterocycles. The molecule has 4 amide bonds. The van der Waals surface area contributed by atoms with E-state index in [0.717, 1.165) is 47.7 Å². The molecule has 15 nitrogen and oxygen atoms in total. The van der Waals surface area contributed by atoms with Crippen molar-refractivity contribution in [2.75, 3.05) is 72.9 Å². The van der Waals surface area contributed by atoms with Gasteiger partial charge in [-0.2, -0.15) is 13.2 Å². The minimum atomic E-state index is -4.40. The van der Waals surface area contributed by atoms with Crippen LogP contribution in [-0.4, -0.2) is 101 Å². The number of aryl methyl sites for hydroxylation is 1. The summed E-state index contributed by atoms with van der Waals surface area (Å²) < 4.78 is 55.3. The lowest BCUT2D eigenvalue weighted by atomic mass is 10.1. The van der Waals surface area contributed by atoms with Crippen LogP contribution in [0, 0.1) is 12.3 Å². The van der Waals surface area contributed by atoms with Gasteiger partial charge in [-0.15, -0.1) is 22.7 Å². The molecule has 0 radical (unpaired) electrons. The maximum atomic E-state index is 12.9. The number of benzene rings is 4. The minimum Gasteiger partial charge on any atom is -0.481 e. The third kappa shape index (κ3) is 14.5. The van der Waals surface area contributed by atoms with Crippen molar-refractivity contribution in [3.8, 4) is 0 Å². The van der Waals surface area contributed by atoms with E-state index in [-0.39, 0.29) is 43.5 Å². The molecular weight excluding hydrogens is 1040 g/mol. The predicted octanol–water partition coefficient (Wildman–Crippen LogP) is 11.4. The summed E-state index contributed by atoms with van der Waals surface area (Å²) in [4.78, 5) is 59.3. The normalized spacial score (nSPS) is 16.0. The number of halogens is 5. The van der Waals surface area contributed by atoms with Crippen LogP contribution in [0.15, 0.2) is 126 Å². The summed E-state index contributed by atoms with van der Waals surface area (Å²) in [6, 6.07) is 34.1. The molecule has 3 aliphatic heterocycles. The maximum absolute atomic E-state index is 12.9. The first-order valence-corrected chi connectivity index (χ1v) is 25.5. The Morgan fingerprint density at radius 2 is 1.22 bits per heavy atom. The van der Waals surface area contributed by atoms with Crippen LogP contribution in [0.2, 0.25) is 8.67 Å². The van der Waals surface area contributed by atoms with Crippen LogP contribution in [0.25, 0.3) is 0 Å². The number of alkyl halides is 3. The number of nitrogens with one attached hydrogen (secondary N) is 4. The SMILES string of the molecule is CCCNc1ccc(N2C[C@H](CNC(=O)c3ccc(Cl)s3)OC2=O)cc1.COC(=N)c1ccc(C)cc1.O=C(NC[C@H]1CN(c2ccc(N3CCN=C3c3ccc(C(F)(F)F)cc3)cc2)C(=O)O1)c1ccc(Cl)s1. The van der Waals surface area contributed by atoms with E-state index in [0.29, 0.717) is 55.1 Å². The van der Waals surface area contributed by atoms with Gasteiger partial charge in [0, 0.05) is 47.0 Å². The number of aliphatic imine (C=N–C) groups is 1. The number of amidine groups is 1. The number of thiophene rings is 2. The molecule has 2 saturated heterocycles. The highest BCUT2D eigenvalue weighted by Crippen LogP contribution is 2.32. The highest BCUT2D eigenvalue weighted by molar-refractivity contribution is 7.18. The highest BCUT2D eigenvalue weighted by atomic mass is 35.5. The van der Waals surface area contributed by atoms with Gasteiger partial charge < -0.3 is 35.1 Å². The van der Waals surface area contributed by atoms with Gasteiger partial charge in [0.2, 0.25) is 5.90 Å². The van der Waals surface area contributed by atoms with Crippen LogP contribution < -0.4 is 30.7 Å². The van der Waals surface area contributed by atoms with E-state index in [9.17, 15) is 32.3 Å². The second-order valence-corrected chi connectivity index (χ2v) is 20.1.